The predicted octanol–water partition coefficient (Wildman–Crippen LogP) is 4.05. The van der Waals surface area contributed by atoms with Gasteiger partial charge in [0.25, 0.3) is 0 Å². The average molecular weight is 411 g/mol. The SMILES string of the molecule is O=C(Nc1ccc(Cl)cc1)N1CCCC(CCc2nn[nH]n2)(c2ccccc2)C1. The van der Waals surface area contributed by atoms with Crippen molar-refractivity contribution in [3.8, 4) is 0 Å². The first-order valence-corrected chi connectivity index (χ1v) is 10.1. The number of tetrazole rings is 1. The molecule has 0 saturated carbocycles. The number of rotatable bonds is 5. The minimum Gasteiger partial charge on any atom is -0.324 e. The third kappa shape index (κ3) is 4.56. The van der Waals surface area contributed by atoms with Gasteiger partial charge in [0.1, 0.15) is 0 Å². The molecule has 2 N–H and O–H groups in total. The summed E-state index contributed by atoms with van der Waals surface area (Å²) >= 11 is 5.94. The number of nitrogens with zero attached hydrogens (tertiary/aromatic N) is 4. The lowest BCUT2D eigenvalue weighted by molar-refractivity contribution is 0.153. The highest BCUT2D eigenvalue weighted by Gasteiger charge is 2.38. The molecule has 8 heteroatoms. The molecule has 0 bridgehead atoms. The first kappa shape index (κ1) is 19.4. The molecule has 4 rings (SSSR count). The number of aryl methyl sites for hydroxylation is 1. The van der Waals surface area contributed by atoms with Crippen LogP contribution in [0.15, 0.2) is 54.6 Å². The van der Waals surface area contributed by atoms with Crippen molar-refractivity contribution in [2.24, 2.45) is 0 Å². The van der Waals surface area contributed by atoms with E-state index in [0.717, 1.165) is 31.5 Å². The van der Waals surface area contributed by atoms with Gasteiger partial charge in [0.05, 0.1) is 0 Å². The molecular formula is C21H23ClN6O. The van der Waals surface area contributed by atoms with Gasteiger partial charge in [-0.05, 0) is 49.1 Å². The number of piperidine rings is 1. The van der Waals surface area contributed by atoms with Crippen molar-refractivity contribution in [2.45, 2.75) is 31.1 Å². The highest BCUT2D eigenvalue weighted by atomic mass is 35.5. The molecule has 2 heterocycles. The summed E-state index contributed by atoms with van der Waals surface area (Å²) in [6, 6.07) is 17.5. The molecule has 0 spiro atoms. The normalized spacial score (nSPS) is 19.1. The fourth-order valence-corrected chi connectivity index (χ4v) is 4.18. The van der Waals surface area contributed by atoms with Crippen LogP contribution in [0.1, 0.15) is 30.7 Å². The van der Waals surface area contributed by atoms with Gasteiger partial charge in [-0.2, -0.15) is 5.21 Å². The van der Waals surface area contributed by atoms with E-state index in [9.17, 15) is 4.79 Å². The molecule has 29 heavy (non-hydrogen) atoms. The number of halogens is 1. The smallest absolute Gasteiger partial charge is 0.321 e. The number of anilines is 1. The van der Waals surface area contributed by atoms with Crippen LogP contribution >= 0.6 is 11.6 Å². The van der Waals surface area contributed by atoms with Crippen LogP contribution in [0.4, 0.5) is 10.5 Å². The number of amides is 2. The number of nitrogens with one attached hydrogen (secondary N) is 2. The molecule has 1 aliphatic rings. The van der Waals surface area contributed by atoms with Gasteiger partial charge in [-0.25, -0.2) is 4.79 Å². The summed E-state index contributed by atoms with van der Waals surface area (Å²) in [7, 11) is 0. The van der Waals surface area contributed by atoms with Crippen molar-refractivity contribution in [3.05, 3.63) is 71.0 Å². The fraction of sp³-hybridized carbons (Fsp3) is 0.333. The Hall–Kier alpha value is -2.93. The number of likely N-dealkylation sites (tertiary alicyclic amines) is 1. The maximum atomic E-state index is 12.9. The van der Waals surface area contributed by atoms with Crippen LogP contribution in [-0.4, -0.2) is 44.6 Å². The van der Waals surface area contributed by atoms with Crippen LogP contribution in [0.2, 0.25) is 5.02 Å². The first-order valence-electron chi connectivity index (χ1n) is 9.74. The Kier molecular flexibility index (Phi) is 5.76. The second-order valence-electron chi connectivity index (χ2n) is 7.44. The third-order valence-electron chi connectivity index (χ3n) is 5.56. The number of aromatic amines is 1. The zero-order chi connectivity index (χ0) is 20.1. The Morgan fingerprint density at radius 2 is 1.97 bits per heavy atom. The molecule has 2 amide bonds. The van der Waals surface area contributed by atoms with E-state index in [4.69, 9.17) is 11.6 Å². The lowest BCUT2D eigenvalue weighted by Crippen LogP contribution is -2.50. The lowest BCUT2D eigenvalue weighted by Gasteiger charge is -2.43. The molecule has 150 valence electrons. The van der Waals surface area contributed by atoms with Gasteiger partial charge < -0.3 is 10.2 Å². The largest absolute Gasteiger partial charge is 0.324 e. The summed E-state index contributed by atoms with van der Waals surface area (Å²) < 4.78 is 0. The molecular weight excluding hydrogens is 388 g/mol. The molecule has 0 radical (unpaired) electrons. The Morgan fingerprint density at radius 1 is 1.17 bits per heavy atom. The molecule has 7 nitrogen and oxygen atoms in total. The number of carbonyl (C=O) groups excluding carboxylic acids is 1. The van der Waals surface area contributed by atoms with E-state index in [1.54, 1.807) is 12.1 Å². The van der Waals surface area contributed by atoms with E-state index in [-0.39, 0.29) is 11.4 Å². The van der Waals surface area contributed by atoms with Crippen molar-refractivity contribution in [2.75, 3.05) is 18.4 Å². The van der Waals surface area contributed by atoms with Crippen LogP contribution in [0.3, 0.4) is 0 Å². The van der Waals surface area contributed by atoms with Crippen molar-refractivity contribution >= 4 is 23.3 Å². The minimum atomic E-state index is -0.141. The second kappa shape index (κ2) is 8.61. The number of carbonyl (C=O) groups is 1. The quantitative estimate of drug-likeness (QED) is 0.664. The minimum absolute atomic E-state index is 0.0908. The van der Waals surface area contributed by atoms with Gasteiger partial charge in [0, 0.05) is 35.6 Å². The molecule has 3 aromatic rings. The zero-order valence-electron chi connectivity index (χ0n) is 16.0. The summed E-state index contributed by atoms with van der Waals surface area (Å²) in [6.07, 6.45) is 3.51. The van der Waals surface area contributed by atoms with Gasteiger partial charge in [0.15, 0.2) is 5.82 Å². The van der Waals surface area contributed by atoms with Gasteiger partial charge in [-0.1, -0.05) is 47.1 Å². The second-order valence-corrected chi connectivity index (χ2v) is 7.87. The maximum Gasteiger partial charge on any atom is 0.321 e. The van der Waals surface area contributed by atoms with E-state index in [0.29, 0.717) is 23.8 Å². The Morgan fingerprint density at radius 3 is 2.69 bits per heavy atom. The van der Waals surface area contributed by atoms with Gasteiger partial charge in [0.2, 0.25) is 0 Å². The summed E-state index contributed by atoms with van der Waals surface area (Å²) in [4.78, 5) is 14.9. The maximum absolute atomic E-state index is 12.9. The van der Waals surface area contributed by atoms with Crippen LogP contribution in [0.25, 0.3) is 0 Å². The van der Waals surface area contributed by atoms with Crippen LogP contribution in [-0.2, 0) is 11.8 Å². The van der Waals surface area contributed by atoms with E-state index >= 15 is 0 Å². The van der Waals surface area contributed by atoms with E-state index in [1.165, 1.54) is 5.56 Å². The summed E-state index contributed by atoms with van der Waals surface area (Å²) in [5.41, 5.74) is 1.84. The summed E-state index contributed by atoms with van der Waals surface area (Å²) in [5, 5.41) is 18.0. The Labute approximate surface area is 174 Å². The van der Waals surface area contributed by atoms with E-state index < -0.39 is 0 Å². The van der Waals surface area contributed by atoms with Crippen LogP contribution in [0.5, 0.6) is 0 Å². The molecule has 1 aliphatic heterocycles. The highest BCUT2D eigenvalue weighted by Crippen LogP contribution is 2.38. The van der Waals surface area contributed by atoms with Crippen LogP contribution in [0, 0.1) is 0 Å². The Bertz CT molecular complexity index is 932. The number of H-pyrrole nitrogens is 1. The molecule has 1 saturated heterocycles. The number of aromatic nitrogens is 4. The van der Waals surface area contributed by atoms with Gasteiger partial charge in [-0.15, -0.1) is 10.2 Å². The van der Waals surface area contributed by atoms with Gasteiger partial charge in [-0.3, -0.25) is 0 Å². The number of urea groups is 1. The summed E-state index contributed by atoms with van der Waals surface area (Å²) in [6.45, 7) is 1.38. The van der Waals surface area contributed by atoms with E-state index in [2.05, 4.69) is 50.2 Å². The van der Waals surface area contributed by atoms with Crippen molar-refractivity contribution in [3.63, 3.8) is 0 Å². The van der Waals surface area contributed by atoms with Gasteiger partial charge >= 0.3 is 6.03 Å². The van der Waals surface area contributed by atoms with Crippen molar-refractivity contribution in [1.29, 1.82) is 0 Å². The predicted molar refractivity (Wildman–Crippen MR) is 112 cm³/mol. The third-order valence-corrected chi connectivity index (χ3v) is 5.81. The highest BCUT2D eigenvalue weighted by molar-refractivity contribution is 6.30. The number of hydrogen-bond donors (Lipinski definition) is 2. The van der Waals surface area contributed by atoms with Crippen molar-refractivity contribution in [1.82, 2.24) is 25.5 Å². The summed E-state index contributed by atoms with van der Waals surface area (Å²) in [5.74, 6) is 0.697. The molecule has 1 aromatic heterocycles. The van der Waals surface area contributed by atoms with Crippen molar-refractivity contribution < 1.29 is 4.79 Å². The fourth-order valence-electron chi connectivity index (χ4n) is 4.06. The van der Waals surface area contributed by atoms with E-state index in [1.807, 2.05) is 23.1 Å². The number of benzene rings is 2. The number of hydrogen-bond acceptors (Lipinski definition) is 4. The molecule has 1 unspecified atom stereocenters. The average Bonchev–Trinajstić information content (AvgIpc) is 3.28. The molecule has 1 atom stereocenters. The first-order chi connectivity index (χ1) is 14.1. The molecule has 2 aromatic carbocycles. The van der Waals surface area contributed by atoms with Crippen LogP contribution < -0.4 is 5.32 Å². The monoisotopic (exact) mass is 410 g/mol. The topological polar surface area (TPSA) is 86.8 Å². The zero-order valence-corrected chi connectivity index (χ0v) is 16.8. The lowest BCUT2D eigenvalue weighted by atomic mass is 9.71. The molecule has 0 aliphatic carbocycles. The Balaban J connectivity index is 1.53. The molecule has 1 fully saturated rings. The standard InChI is InChI=1S/C21H23ClN6O/c22-17-7-9-18(10-8-17)23-20(29)28-14-4-12-21(15-28,16-5-2-1-3-6-16)13-11-19-24-26-27-25-19/h1-3,5-10H,4,11-15H2,(H,23,29)(H,24,25,26,27).